The van der Waals surface area contributed by atoms with Crippen molar-refractivity contribution in [2.45, 2.75) is 25.9 Å². The first-order valence-corrected chi connectivity index (χ1v) is 5.11. The molecule has 0 aromatic carbocycles. The highest BCUT2D eigenvalue weighted by Crippen LogP contribution is 2.27. The molecule has 0 N–H and O–H groups in total. The maximum atomic E-state index is 13.6. The van der Waals surface area contributed by atoms with Crippen LogP contribution in [0.3, 0.4) is 0 Å². The van der Waals surface area contributed by atoms with Crippen molar-refractivity contribution in [3.05, 3.63) is 35.8 Å². The number of aliphatic imine (C=N–C) groups is 1. The minimum atomic E-state index is -1.24. The zero-order valence-electron chi connectivity index (χ0n) is 8.58. The lowest BCUT2D eigenvalue weighted by atomic mass is 9.91. The van der Waals surface area contributed by atoms with Crippen LogP contribution in [0.25, 0.3) is 0 Å². The minimum Gasteiger partial charge on any atom is -0.261 e. The molecule has 0 spiro atoms. The van der Waals surface area contributed by atoms with E-state index in [1.807, 2.05) is 6.08 Å². The molecule has 2 atom stereocenters. The fourth-order valence-electron chi connectivity index (χ4n) is 1.81. The van der Waals surface area contributed by atoms with Crippen LogP contribution in [-0.2, 0) is 0 Å². The largest absolute Gasteiger partial charge is 0.261 e. The van der Waals surface area contributed by atoms with E-state index in [1.54, 1.807) is 6.20 Å². The van der Waals surface area contributed by atoms with E-state index < -0.39 is 12.0 Å². The Balaban J connectivity index is 2.24. The normalized spacial score (nSPS) is 30.7. The van der Waals surface area contributed by atoms with Gasteiger partial charge in [0.15, 0.2) is 0 Å². The van der Waals surface area contributed by atoms with E-state index in [0.29, 0.717) is 11.5 Å². The highest BCUT2D eigenvalue weighted by atomic mass is 19.1. The Labute approximate surface area is 87.9 Å². The van der Waals surface area contributed by atoms with Crippen molar-refractivity contribution in [2.24, 2.45) is 10.9 Å². The van der Waals surface area contributed by atoms with Crippen LogP contribution in [0.5, 0.6) is 0 Å². The Morgan fingerprint density at radius 1 is 1.33 bits per heavy atom. The molecule has 0 saturated carbocycles. The predicted molar refractivity (Wildman–Crippen MR) is 57.1 cm³/mol. The SMILES string of the molecule is CC1C=CN=C(C2=CC=C(F)CC2F)C1. The molecule has 15 heavy (non-hydrogen) atoms. The van der Waals surface area contributed by atoms with Gasteiger partial charge in [0.2, 0.25) is 0 Å². The van der Waals surface area contributed by atoms with E-state index in [-0.39, 0.29) is 6.42 Å². The molecule has 1 nitrogen and oxygen atoms in total. The lowest BCUT2D eigenvalue weighted by Gasteiger charge is -2.20. The van der Waals surface area contributed by atoms with Crippen molar-refractivity contribution >= 4 is 5.71 Å². The zero-order valence-corrected chi connectivity index (χ0v) is 8.58. The molecule has 2 aliphatic rings. The molecular formula is C12H13F2N. The van der Waals surface area contributed by atoms with E-state index in [9.17, 15) is 8.78 Å². The monoisotopic (exact) mass is 209 g/mol. The summed E-state index contributed by atoms with van der Waals surface area (Å²) in [5, 5.41) is 0. The summed E-state index contributed by atoms with van der Waals surface area (Å²) in [6, 6.07) is 0. The van der Waals surface area contributed by atoms with Gasteiger partial charge in [0.05, 0.1) is 0 Å². The van der Waals surface area contributed by atoms with Gasteiger partial charge in [-0.25, -0.2) is 8.78 Å². The van der Waals surface area contributed by atoms with Crippen molar-refractivity contribution in [2.75, 3.05) is 0 Å². The molecule has 0 aromatic heterocycles. The van der Waals surface area contributed by atoms with Gasteiger partial charge >= 0.3 is 0 Å². The van der Waals surface area contributed by atoms with Crippen molar-refractivity contribution in [1.29, 1.82) is 0 Å². The molecule has 2 rings (SSSR count). The van der Waals surface area contributed by atoms with Gasteiger partial charge in [-0.05, 0) is 18.4 Å². The average Bonchev–Trinajstić information content (AvgIpc) is 2.17. The Morgan fingerprint density at radius 2 is 2.13 bits per heavy atom. The van der Waals surface area contributed by atoms with E-state index in [4.69, 9.17) is 0 Å². The van der Waals surface area contributed by atoms with Gasteiger partial charge in [0, 0.05) is 23.9 Å². The molecule has 0 radical (unpaired) electrons. The summed E-state index contributed by atoms with van der Waals surface area (Å²) in [6.45, 7) is 2.05. The molecule has 80 valence electrons. The summed E-state index contributed by atoms with van der Waals surface area (Å²) in [5.41, 5.74) is 1.29. The Morgan fingerprint density at radius 3 is 2.80 bits per heavy atom. The van der Waals surface area contributed by atoms with Crippen LogP contribution in [0.1, 0.15) is 19.8 Å². The van der Waals surface area contributed by atoms with Crippen LogP contribution < -0.4 is 0 Å². The highest BCUT2D eigenvalue weighted by molar-refractivity contribution is 6.02. The van der Waals surface area contributed by atoms with E-state index >= 15 is 0 Å². The zero-order chi connectivity index (χ0) is 10.8. The Kier molecular flexibility index (Phi) is 2.80. The number of halogens is 2. The molecule has 1 aliphatic carbocycles. The molecule has 0 fully saturated rings. The smallest absolute Gasteiger partial charge is 0.133 e. The fraction of sp³-hybridized carbons (Fsp3) is 0.417. The third-order valence-electron chi connectivity index (χ3n) is 2.65. The predicted octanol–water partition coefficient (Wildman–Crippen LogP) is 3.50. The molecular weight excluding hydrogens is 196 g/mol. The van der Waals surface area contributed by atoms with Gasteiger partial charge in [-0.2, -0.15) is 0 Å². The minimum absolute atomic E-state index is 0.150. The van der Waals surface area contributed by atoms with Crippen LogP contribution in [0.15, 0.2) is 40.8 Å². The van der Waals surface area contributed by atoms with Gasteiger partial charge in [0.1, 0.15) is 12.0 Å². The first-order chi connectivity index (χ1) is 7.16. The number of allylic oxidation sites excluding steroid dienone is 5. The van der Waals surface area contributed by atoms with Crippen LogP contribution in [0, 0.1) is 5.92 Å². The summed E-state index contributed by atoms with van der Waals surface area (Å²) < 4.78 is 26.3. The van der Waals surface area contributed by atoms with Crippen LogP contribution in [0.4, 0.5) is 8.78 Å². The molecule has 0 aromatic rings. The third kappa shape index (κ3) is 2.22. The molecule has 0 amide bonds. The summed E-state index contributed by atoms with van der Waals surface area (Å²) >= 11 is 0. The number of hydrogen-bond acceptors (Lipinski definition) is 1. The van der Waals surface area contributed by atoms with Gasteiger partial charge in [-0.15, -0.1) is 0 Å². The molecule has 0 bridgehead atoms. The van der Waals surface area contributed by atoms with Crippen molar-refractivity contribution in [3.8, 4) is 0 Å². The first-order valence-electron chi connectivity index (χ1n) is 5.11. The van der Waals surface area contributed by atoms with E-state index in [2.05, 4.69) is 11.9 Å². The third-order valence-corrected chi connectivity index (χ3v) is 2.65. The quantitative estimate of drug-likeness (QED) is 0.626. The highest BCUT2D eigenvalue weighted by Gasteiger charge is 2.24. The maximum absolute atomic E-state index is 13.6. The van der Waals surface area contributed by atoms with E-state index in [1.165, 1.54) is 12.2 Å². The summed E-state index contributed by atoms with van der Waals surface area (Å²) in [7, 11) is 0. The molecule has 1 aliphatic heterocycles. The molecule has 2 unspecified atom stereocenters. The lowest BCUT2D eigenvalue weighted by molar-refractivity contribution is 0.360. The Bertz CT molecular complexity index is 377. The van der Waals surface area contributed by atoms with Crippen molar-refractivity contribution < 1.29 is 8.78 Å². The number of nitrogens with zero attached hydrogens (tertiary/aromatic N) is 1. The van der Waals surface area contributed by atoms with E-state index in [0.717, 1.165) is 12.1 Å². The Hall–Kier alpha value is -1.25. The molecule has 3 heteroatoms. The second-order valence-corrected chi connectivity index (χ2v) is 4.01. The van der Waals surface area contributed by atoms with Crippen molar-refractivity contribution in [3.63, 3.8) is 0 Å². The number of hydrogen-bond donors (Lipinski definition) is 0. The van der Waals surface area contributed by atoms with Gasteiger partial charge in [-0.3, -0.25) is 4.99 Å². The number of rotatable bonds is 1. The second kappa shape index (κ2) is 4.09. The molecule has 0 saturated heterocycles. The van der Waals surface area contributed by atoms with Crippen molar-refractivity contribution in [1.82, 2.24) is 0 Å². The van der Waals surface area contributed by atoms with Gasteiger partial charge in [-0.1, -0.05) is 19.1 Å². The van der Waals surface area contributed by atoms with Crippen LogP contribution >= 0.6 is 0 Å². The molecule has 1 heterocycles. The van der Waals surface area contributed by atoms with Crippen LogP contribution in [-0.4, -0.2) is 11.9 Å². The average molecular weight is 209 g/mol. The summed E-state index contributed by atoms with van der Waals surface area (Å²) in [4.78, 5) is 4.16. The van der Waals surface area contributed by atoms with Gasteiger partial charge in [0.25, 0.3) is 0 Å². The van der Waals surface area contributed by atoms with Gasteiger partial charge < -0.3 is 0 Å². The summed E-state index contributed by atoms with van der Waals surface area (Å²) in [5.74, 6) is -0.0207. The standard InChI is InChI=1S/C12H13F2N/c1-8-4-5-15-12(6-8)10-3-2-9(13)7-11(10)14/h2-5,8,11H,6-7H2,1H3. The lowest BCUT2D eigenvalue weighted by Crippen LogP contribution is -2.19. The summed E-state index contributed by atoms with van der Waals surface area (Å²) in [6.07, 6.45) is 5.86. The topological polar surface area (TPSA) is 12.4 Å². The van der Waals surface area contributed by atoms with Crippen LogP contribution in [0.2, 0.25) is 0 Å². The number of alkyl halides is 1. The maximum Gasteiger partial charge on any atom is 0.133 e. The fourth-order valence-corrected chi connectivity index (χ4v) is 1.81. The first kappa shape index (κ1) is 10.3. The second-order valence-electron chi connectivity index (χ2n) is 4.01.